The summed E-state index contributed by atoms with van der Waals surface area (Å²) >= 11 is 0. The second kappa shape index (κ2) is 6.89. The summed E-state index contributed by atoms with van der Waals surface area (Å²) in [5, 5.41) is 9.84. The first-order chi connectivity index (χ1) is 9.25. The predicted octanol–water partition coefficient (Wildman–Crippen LogP) is -1.18. The van der Waals surface area contributed by atoms with Crippen LogP contribution < -0.4 is 10.6 Å². The minimum absolute atomic E-state index is 0.0195. The number of aryl methyl sites for hydroxylation is 1. The van der Waals surface area contributed by atoms with Crippen molar-refractivity contribution in [2.75, 3.05) is 32.7 Å². The molecule has 1 aromatic rings. The van der Waals surface area contributed by atoms with Crippen molar-refractivity contribution in [1.82, 2.24) is 25.3 Å². The van der Waals surface area contributed by atoms with E-state index in [1.165, 1.54) is 0 Å². The molecule has 0 aliphatic carbocycles. The van der Waals surface area contributed by atoms with E-state index in [0.29, 0.717) is 26.1 Å². The molecule has 0 bridgehead atoms. The van der Waals surface area contributed by atoms with Gasteiger partial charge in [0.15, 0.2) is 0 Å². The molecular formula is C12H19N5O2. The molecule has 2 N–H and O–H groups in total. The molecule has 19 heavy (non-hydrogen) atoms. The molecule has 7 heteroatoms. The summed E-state index contributed by atoms with van der Waals surface area (Å²) in [6, 6.07) is 1.81. The zero-order valence-electron chi connectivity index (χ0n) is 10.8. The summed E-state index contributed by atoms with van der Waals surface area (Å²) in [5.41, 5.74) is 0. The van der Waals surface area contributed by atoms with Gasteiger partial charge in [-0.05, 0) is 6.07 Å². The molecule has 1 saturated heterocycles. The van der Waals surface area contributed by atoms with Gasteiger partial charge in [-0.25, -0.2) is 0 Å². The summed E-state index contributed by atoms with van der Waals surface area (Å²) in [6.45, 7) is 3.67. The molecule has 1 fully saturated rings. The molecule has 0 atom stereocenters. The van der Waals surface area contributed by atoms with Crippen LogP contribution in [0, 0.1) is 0 Å². The molecule has 2 amide bonds. The fourth-order valence-electron chi connectivity index (χ4n) is 1.94. The van der Waals surface area contributed by atoms with Crippen LogP contribution in [-0.2, 0) is 16.1 Å². The Morgan fingerprint density at radius 3 is 2.79 bits per heavy atom. The predicted molar refractivity (Wildman–Crippen MR) is 69.3 cm³/mol. The highest BCUT2D eigenvalue weighted by molar-refractivity contribution is 5.84. The molecule has 1 aliphatic heterocycles. The Bertz CT molecular complexity index is 412. The zero-order valence-corrected chi connectivity index (χ0v) is 10.8. The van der Waals surface area contributed by atoms with Crippen LogP contribution in [-0.4, -0.2) is 59.2 Å². The maximum atomic E-state index is 11.8. The van der Waals surface area contributed by atoms with Gasteiger partial charge < -0.3 is 15.5 Å². The highest BCUT2D eigenvalue weighted by atomic mass is 16.2. The first-order valence-corrected chi connectivity index (χ1v) is 6.48. The van der Waals surface area contributed by atoms with Gasteiger partial charge in [-0.15, -0.1) is 0 Å². The minimum Gasteiger partial charge on any atom is -0.347 e. The van der Waals surface area contributed by atoms with Gasteiger partial charge in [0.1, 0.15) is 0 Å². The van der Waals surface area contributed by atoms with Crippen LogP contribution in [0.15, 0.2) is 18.5 Å². The number of nitrogens with zero attached hydrogens (tertiary/aromatic N) is 3. The van der Waals surface area contributed by atoms with Gasteiger partial charge >= 0.3 is 0 Å². The van der Waals surface area contributed by atoms with Gasteiger partial charge in [-0.2, -0.15) is 5.10 Å². The Morgan fingerprint density at radius 2 is 2.11 bits per heavy atom. The Labute approximate surface area is 111 Å². The lowest BCUT2D eigenvalue weighted by atomic mass is 10.3. The van der Waals surface area contributed by atoms with E-state index in [1.54, 1.807) is 22.0 Å². The van der Waals surface area contributed by atoms with Crippen LogP contribution in [0.3, 0.4) is 0 Å². The van der Waals surface area contributed by atoms with Crippen LogP contribution in [0.5, 0.6) is 0 Å². The summed E-state index contributed by atoms with van der Waals surface area (Å²) < 4.78 is 1.69. The highest BCUT2D eigenvalue weighted by Crippen LogP contribution is 1.93. The maximum absolute atomic E-state index is 11.8. The number of hydrogen-bond donors (Lipinski definition) is 2. The van der Waals surface area contributed by atoms with Gasteiger partial charge in [0, 0.05) is 51.5 Å². The second-order valence-corrected chi connectivity index (χ2v) is 4.43. The number of aromatic nitrogens is 2. The van der Waals surface area contributed by atoms with Crippen LogP contribution in [0.25, 0.3) is 0 Å². The van der Waals surface area contributed by atoms with Crippen molar-refractivity contribution in [3.63, 3.8) is 0 Å². The molecule has 0 unspecified atom stereocenters. The van der Waals surface area contributed by atoms with Crippen molar-refractivity contribution in [1.29, 1.82) is 0 Å². The molecule has 2 rings (SSSR count). The number of carbonyl (C=O) groups is 2. The average molecular weight is 265 g/mol. The Balaban J connectivity index is 1.64. The quantitative estimate of drug-likeness (QED) is 0.702. The summed E-state index contributed by atoms with van der Waals surface area (Å²) in [6.07, 6.45) is 3.81. The molecule has 0 spiro atoms. The minimum atomic E-state index is -0.126. The summed E-state index contributed by atoms with van der Waals surface area (Å²) in [5.74, 6) is -0.145. The van der Waals surface area contributed by atoms with Crippen molar-refractivity contribution in [2.45, 2.75) is 13.0 Å². The van der Waals surface area contributed by atoms with Crippen molar-refractivity contribution in [2.24, 2.45) is 0 Å². The SMILES string of the molecule is O=C(CCn1cccn1)NCC(=O)N1CCNCC1. The molecule has 0 radical (unpaired) electrons. The first kappa shape index (κ1) is 13.5. The molecule has 0 aromatic carbocycles. The van der Waals surface area contributed by atoms with Gasteiger partial charge in [0.2, 0.25) is 11.8 Å². The highest BCUT2D eigenvalue weighted by Gasteiger charge is 2.16. The van der Waals surface area contributed by atoms with E-state index in [2.05, 4.69) is 15.7 Å². The topological polar surface area (TPSA) is 79.3 Å². The van der Waals surface area contributed by atoms with E-state index in [-0.39, 0.29) is 18.4 Å². The second-order valence-electron chi connectivity index (χ2n) is 4.43. The lowest BCUT2D eigenvalue weighted by Crippen LogP contribution is -2.49. The smallest absolute Gasteiger partial charge is 0.242 e. The van der Waals surface area contributed by atoms with Gasteiger partial charge in [-0.1, -0.05) is 0 Å². The van der Waals surface area contributed by atoms with E-state index < -0.39 is 0 Å². The Morgan fingerprint density at radius 1 is 1.32 bits per heavy atom. The first-order valence-electron chi connectivity index (χ1n) is 6.48. The number of amides is 2. The monoisotopic (exact) mass is 265 g/mol. The van der Waals surface area contributed by atoms with Gasteiger partial charge in [0.05, 0.1) is 6.54 Å². The van der Waals surface area contributed by atoms with E-state index in [4.69, 9.17) is 0 Å². The normalized spacial score (nSPS) is 15.3. The van der Waals surface area contributed by atoms with E-state index in [0.717, 1.165) is 13.1 Å². The standard InChI is InChI=1S/C12H19N5O2/c18-11(2-7-17-6-1-3-15-17)14-10-12(19)16-8-4-13-5-9-16/h1,3,6,13H,2,4-5,7-10H2,(H,14,18). The largest absolute Gasteiger partial charge is 0.347 e. The fourth-order valence-corrected chi connectivity index (χ4v) is 1.94. The average Bonchev–Trinajstić information content (AvgIpc) is 2.96. The number of rotatable bonds is 5. The number of carbonyl (C=O) groups excluding carboxylic acids is 2. The van der Waals surface area contributed by atoms with Gasteiger partial charge in [-0.3, -0.25) is 14.3 Å². The fraction of sp³-hybridized carbons (Fsp3) is 0.583. The molecule has 7 nitrogen and oxygen atoms in total. The third-order valence-electron chi connectivity index (χ3n) is 3.03. The van der Waals surface area contributed by atoms with Crippen molar-refractivity contribution >= 4 is 11.8 Å². The van der Waals surface area contributed by atoms with E-state index >= 15 is 0 Å². The van der Waals surface area contributed by atoms with Crippen LogP contribution in [0.1, 0.15) is 6.42 Å². The number of hydrogen-bond acceptors (Lipinski definition) is 4. The van der Waals surface area contributed by atoms with Crippen molar-refractivity contribution in [3.05, 3.63) is 18.5 Å². The van der Waals surface area contributed by atoms with E-state index in [9.17, 15) is 9.59 Å². The van der Waals surface area contributed by atoms with Crippen molar-refractivity contribution < 1.29 is 9.59 Å². The molecular weight excluding hydrogens is 246 g/mol. The molecule has 0 saturated carbocycles. The number of nitrogens with one attached hydrogen (secondary N) is 2. The lowest BCUT2D eigenvalue weighted by molar-refractivity contribution is -0.133. The van der Waals surface area contributed by atoms with Crippen LogP contribution in [0.2, 0.25) is 0 Å². The van der Waals surface area contributed by atoms with E-state index in [1.807, 2.05) is 6.07 Å². The summed E-state index contributed by atoms with van der Waals surface area (Å²) in [4.78, 5) is 25.2. The van der Waals surface area contributed by atoms with Crippen LogP contribution in [0.4, 0.5) is 0 Å². The summed E-state index contributed by atoms with van der Waals surface area (Å²) in [7, 11) is 0. The Kier molecular flexibility index (Phi) is 4.91. The maximum Gasteiger partial charge on any atom is 0.242 e. The third-order valence-corrected chi connectivity index (χ3v) is 3.03. The molecule has 104 valence electrons. The molecule has 2 heterocycles. The number of piperazine rings is 1. The third kappa shape index (κ3) is 4.36. The lowest BCUT2D eigenvalue weighted by Gasteiger charge is -2.27. The molecule has 1 aliphatic rings. The van der Waals surface area contributed by atoms with Crippen LogP contribution >= 0.6 is 0 Å². The van der Waals surface area contributed by atoms with Gasteiger partial charge in [0.25, 0.3) is 0 Å². The Hall–Kier alpha value is -1.89. The molecule has 1 aromatic heterocycles. The van der Waals surface area contributed by atoms with Crippen molar-refractivity contribution in [3.8, 4) is 0 Å². The zero-order chi connectivity index (χ0) is 13.5.